The van der Waals surface area contributed by atoms with Crippen molar-refractivity contribution < 1.29 is 29.0 Å². The molecule has 2 rings (SSSR count). The molecule has 0 radical (unpaired) electrons. The maximum absolute atomic E-state index is 12.7. The molecule has 1 aliphatic carbocycles. The van der Waals surface area contributed by atoms with Crippen LogP contribution in [0.25, 0.3) is 0 Å². The smallest absolute Gasteiger partial charge is 0.422 e. The van der Waals surface area contributed by atoms with Gasteiger partial charge in [-0.05, 0) is 30.2 Å². The lowest BCUT2D eigenvalue weighted by molar-refractivity contribution is -0.158. The van der Waals surface area contributed by atoms with Gasteiger partial charge in [0.15, 0.2) is 5.75 Å². The average molecular weight is 438 g/mol. The number of ether oxygens (including phenoxy) is 2. The molecule has 1 fully saturated rings. The van der Waals surface area contributed by atoms with Crippen LogP contribution in [0.5, 0.6) is 5.75 Å². The van der Waals surface area contributed by atoms with Gasteiger partial charge in [-0.1, -0.05) is 55.6 Å². The first-order chi connectivity index (χ1) is 12.4. The molecule has 0 saturated heterocycles. The predicted molar refractivity (Wildman–Crippen MR) is 101 cm³/mol. The van der Waals surface area contributed by atoms with Crippen molar-refractivity contribution >= 4 is 52.7 Å². The number of carbonyl (C=O) groups is 3. The molecule has 1 aromatic carbocycles. The van der Waals surface area contributed by atoms with E-state index in [1.54, 1.807) is 0 Å². The van der Waals surface area contributed by atoms with Gasteiger partial charge in [-0.2, -0.15) is 0 Å². The fourth-order valence-electron chi connectivity index (χ4n) is 2.83. The van der Waals surface area contributed by atoms with Gasteiger partial charge in [-0.25, -0.2) is 14.4 Å². The topological polar surface area (TPSA) is 89.9 Å². The molecule has 0 heterocycles. The summed E-state index contributed by atoms with van der Waals surface area (Å²) in [6.45, 7) is 6.33. The van der Waals surface area contributed by atoms with Gasteiger partial charge in [0.2, 0.25) is 0 Å². The highest BCUT2D eigenvalue weighted by Crippen LogP contribution is 2.46. The Kier molecular flexibility index (Phi) is 6.66. The van der Waals surface area contributed by atoms with E-state index in [1.807, 2.05) is 0 Å². The largest absolute Gasteiger partial charge is 0.473 e. The van der Waals surface area contributed by atoms with Crippen LogP contribution in [0.4, 0.5) is 0 Å². The highest BCUT2D eigenvalue weighted by molar-refractivity contribution is 6.46. The minimum atomic E-state index is -1.85. The van der Waals surface area contributed by atoms with Crippen molar-refractivity contribution in [2.24, 2.45) is 17.3 Å². The Morgan fingerprint density at radius 1 is 1.19 bits per heavy atom. The highest BCUT2D eigenvalue weighted by Gasteiger charge is 2.40. The maximum Gasteiger partial charge on any atom is 0.422 e. The molecule has 0 aromatic heterocycles. The van der Waals surface area contributed by atoms with Crippen LogP contribution in [0, 0.1) is 17.3 Å². The number of aliphatic carboxylic acids is 1. The maximum atomic E-state index is 12.7. The summed E-state index contributed by atoms with van der Waals surface area (Å²) in [6, 6.07) is 1.15. The molecule has 0 spiro atoms. The fourth-order valence-corrected chi connectivity index (χ4v) is 3.55. The van der Waals surface area contributed by atoms with E-state index in [0.29, 0.717) is 5.92 Å². The fraction of sp³-hybridized carbons (Fsp3) is 0.500. The van der Waals surface area contributed by atoms with Gasteiger partial charge in [0, 0.05) is 5.92 Å². The van der Waals surface area contributed by atoms with Gasteiger partial charge in [-0.3, -0.25) is 0 Å². The molecule has 9 heteroatoms. The number of carboxylic acids is 1. The summed E-state index contributed by atoms with van der Waals surface area (Å²) in [5, 5.41) is 8.20. The van der Waals surface area contributed by atoms with Crippen molar-refractivity contribution in [1.29, 1.82) is 0 Å². The van der Waals surface area contributed by atoms with Crippen LogP contribution in [-0.4, -0.2) is 29.6 Å². The third-order valence-electron chi connectivity index (χ3n) is 4.40. The van der Waals surface area contributed by atoms with Crippen LogP contribution in [0.15, 0.2) is 6.07 Å². The van der Waals surface area contributed by atoms with E-state index < -0.39 is 23.7 Å². The van der Waals surface area contributed by atoms with E-state index >= 15 is 0 Å². The quantitative estimate of drug-likeness (QED) is 0.306. The van der Waals surface area contributed by atoms with Crippen molar-refractivity contribution in [3.05, 3.63) is 26.7 Å². The van der Waals surface area contributed by atoms with Crippen LogP contribution in [-0.2, 0) is 14.3 Å². The molecule has 1 unspecified atom stereocenters. The van der Waals surface area contributed by atoms with Gasteiger partial charge < -0.3 is 14.6 Å². The molecule has 1 aromatic rings. The lowest BCUT2D eigenvalue weighted by Gasteiger charge is -2.30. The number of carbonyl (C=O) groups excluding carboxylic acids is 2. The molecule has 0 amide bonds. The Hall–Kier alpha value is -1.50. The summed E-state index contributed by atoms with van der Waals surface area (Å²) >= 11 is 18.0. The zero-order valence-corrected chi connectivity index (χ0v) is 17.2. The van der Waals surface area contributed by atoms with E-state index in [1.165, 1.54) is 0 Å². The number of benzene rings is 1. The van der Waals surface area contributed by atoms with Crippen molar-refractivity contribution in [2.45, 2.75) is 33.6 Å². The lowest BCUT2D eigenvalue weighted by Crippen LogP contribution is -2.28. The normalized spacial score (nSPS) is 15.2. The van der Waals surface area contributed by atoms with E-state index in [4.69, 9.17) is 49.4 Å². The summed E-state index contributed by atoms with van der Waals surface area (Å²) in [6.07, 6.45) is 2.15. The first kappa shape index (κ1) is 21.8. The average Bonchev–Trinajstić information content (AvgIpc) is 3.35. The van der Waals surface area contributed by atoms with Gasteiger partial charge in [-0.15, -0.1) is 0 Å². The Balaban J connectivity index is 2.30. The van der Waals surface area contributed by atoms with Gasteiger partial charge in [0.25, 0.3) is 0 Å². The number of carboxylic acid groups (broad SMARTS) is 1. The first-order valence-corrected chi connectivity index (χ1v) is 9.36. The third-order valence-corrected chi connectivity index (χ3v) is 5.47. The molecule has 1 N–H and O–H groups in total. The number of halogens is 3. The van der Waals surface area contributed by atoms with Crippen molar-refractivity contribution in [3.8, 4) is 5.75 Å². The monoisotopic (exact) mass is 436 g/mol. The lowest BCUT2D eigenvalue weighted by atomic mass is 9.78. The zero-order chi connectivity index (χ0) is 20.5. The van der Waals surface area contributed by atoms with Gasteiger partial charge in [0.05, 0.1) is 21.7 Å². The SMILES string of the molecule is CC(C)(C)C(COC(=O)c1c(Cl)c(Cl)cc(Cl)c1OC(=O)C(=O)O)C1CC1. The van der Waals surface area contributed by atoms with Crippen molar-refractivity contribution in [1.82, 2.24) is 0 Å². The summed E-state index contributed by atoms with van der Waals surface area (Å²) in [5.74, 6) is -4.25. The minimum Gasteiger partial charge on any atom is -0.473 e. The molecule has 6 nitrogen and oxygen atoms in total. The van der Waals surface area contributed by atoms with Crippen LogP contribution in [0.3, 0.4) is 0 Å². The first-order valence-electron chi connectivity index (χ1n) is 8.23. The second-order valence-electron chi connectivity index (χ2n) is 7.46. The molecule has 148 valence electrons. The van der Waals surface area contributed by atoms with E-state index in [2.05, 4.69) is 20.8 Å². The second kappa shape index (κ2) is 8.25. The van der Waals surface area contributed by atoms with E-state index in [-0.39, 0.29) is 38.6 Å². The summed E-state index contributed by atoms with van der Waals surface area (Å²) in [5.41, 5.74) is -0.456. The number of hydrogen-bond donors (Lipinski definition) is 1. The minimum absolute atomic E-state index is 0.0571. The third kappa shape index (κ3) is 5.27. The number of rotatable bonds is 5. The highest BCUT2D eigenvalue weighted by atomic mass is 35.5. The summed E-state index contributed by atoms with van der Waals surface area (Å²) in [7, 11) is 0. The number of esters is 2. The van der Waals surface area contributed by atoms with E-state index in [0.717, 1.165) is 18.9 Å². The van der Waals surface area contributed by atoms with Crippen LogP contribution in [0.1, 0.15) is 44.0 Å². The molecule has 0 bridgehead atoms. The molecular formula is C18H19Cl3O6. The predicted octanol–water partition coefficient (Wildman–Crippen LogP) is 4.87. The van der Waals surface area contributed by atoms with Crippen molar-refractivity contribution in [2.75, 3.05) is 6.61 Å². The Labute approximate surface area is 171 Å². The molecule has 27 heavy (non-hydrogen) atoms. The van der Waals surface area contributed by atoms with Crippen LogP contribution < -0.4 is 4.74 Å². The molecule has 1 saturated carbocycles. The standard InChI is InChI=1S/C18H19Cl3O6/c1-18(2,3)9(8-4-5-8)7-26-16(24)12-13(21)10(19)6-11(20)14(12)27-17(25)15(22)23/h6,8-9H,4-5,7H2,1-3H3,(H,22,23). The van der Waals surface area contributed by atoms with Gasteiger partial charge >= 0.3 is 17.9 Å². The molecular weight excluding hydrogens is 419 g/mol. The van der Waals surface area contributed by atoms with Crippen molar-refractivity contribution in [3.63, 3.8) is 0 Å². The summed E-state index contributed by atoms with van der Waals surface area (Å²) < 4.78 is 10.1. The number of hydrogen-bond acceptors (Lipinski definition) is 5. The Morgan fingerprint density at radius 3 is 2.26 bits per heavy atom. The molecule has 0 aliphatic heterocycles. The molecule has 1 atom stereocenters. The Morgan fingerprint density at radius 2 is 1.78 bits per heavy atom. The summed E-state index contributed by atoms with van der Waals surface area (Å²) in [4.78, 5) is 34.8. The van der Waals surface area contributed by atoms with Crippen LogP contribution in [0.2, 0.25) is 15.1 Å². The van der Waals surface area contributed by atoms with Gasteiger partial charge in [0.1, 0.15) is 5.56 Å². The molecule has 1 aliphatic rings. The van der Waals surface area contributed by atoms with Crippen LogP contribution >= 0.6 is 34.8 Å². The Bertz CT molecular complexity index is 780. The zero-order valence-electron chi connectivity index (χ0n) is 15.0. The second-order valence-corrected chi connectivity index (χ2v) is 8.65. The van der Waals surface area contributed by atoms with E-state index in [9.17, 15) is 14.4 Å².